The summed E-state index contributed by atoms with van der Waals surface area (Å²) in [5, 5.41) is 3.95. The van der Waals surface area contributed by atoms with Gasteiger partial charge in [-0.25, -0.2) is 0 Å². The first kappa shape index (κ1) is 13.4. The summed E-state index contributed by atoms with van der Waals surface area (Å²) in [5.74, 6) is 2.73. The van der Waals surface area contributed by atoms with Gasteiger partial charge in [0.1, 0.15) is 6.42 Å². The number of nitrogens with zero attached hydrogens (tertiary/aromatic N) is 3. The third-order valence-corrected chi connectivity index (χ3v) is 3.80. The number of carbonyl (C=O) groups excluding carboxylic acids is 1. The van der Waals surface area contributed by atoms with Crippen LogP contribution in [0.15, 0.2) is 4.52 Å². The van der Waals surface area contributed by atoms with Gasteiger partial charge in [-0.3, -0.25) is 9.69 Å². The Hall–Kier alpha value is -1.08. The predicted octanol–water partition coefficient (Wildman–Crippen LogP) is 0.895. The van der Waals surface area contributed by atoms with E-state index in [2.05, 4.69) is 15.0 Å². The van der Waals surface area contributed by atoms with Gasteiger partial charge in [0, 0.05) is 18.1 Å². The molecule has 0 amide bonds. The molecule has 18 heavy (non-hydrogen) atoms. The van der Waals surface area contributed by atoms with E-state index in [4.69, 9.17) is 9.26 Å². The summed E-state index contributed by atoms with van der Waals surface area (Å²) in [4.78, 5) is 17.8. The largest absolute Gasteiger partial charge is 0.466 e. The monoisotopic (exact) mass is 271 g/mol. The van der Waals surface area contributed by atoms with Crippen molar-refractivity contribution in [3.8, 4) is 0 Å². The zero-order valence-corrected chi connectivity index (χ0v) is 11.4. The van der Waals surface area contributed by atoms with Crippen molar-refractivity contribution in [1.29, 1.82) is 0 Å². The van der Waals surface area contributed by atoms with Crippen LogP contribution in [0.1, 0.15) is 24.7 Å². The Bertz CT molecular complexity index is 410. The summed E-state index contributed by atoms with van der Waals surface area (Å²) in [7, 11) is 2.05. The number of thioether (sulfide) groups is 1. The van der Waals surface area contributed by atoms with Crippen molar-refractivity contribution >= 4 is 17.7 Å². The Kier molecular flexibility index (Phi) is 4.60. The maximum Gasteiger partial charge on any atom is 0.315 e. The minimum atomic E-state index is -0.334. The number of aromatic nitrogens is 2. The molecular weight excluding hydrogens is 254 g/mol. The second kappa shape index (κ2) is 6.19. The minimum Gasteiger partial charge on any atom is -0.466 e. The van der Waals surface area contributed by atoms with Crippen molar-refractivity contribution < 1.29 is 14.1 Å². The Morgan fingerprint density at radius 2 is 2.50 bits per heavy atom. The standard InChI is InChI=1S/C11H17N3O3S/c1-3-16-10(15)6-9-12-11(13-17-9)8-7-18-5-4-14(8)2/h8H,3-7H2,1-2H3. The molecule has 100 valence electrons. The third kappa shape index (κ3) is 3.23. The molecule has 0 saturated carbocycles. The lowest BCUT2D eigenvalue weighted by Gasteiger charge is -2.29. The SMILES string of the molecule is CCOC(=O)Cc1nc(C2CSCCN2C)no1. The van der Waals surface area contributed by atoms with E-state index in [-0.39, 0.29) is 18.4 Å². The molecule has 1 saturated heterocycles. The second-order valence-electron chi connectivity index (χ2n) is 4.10. The molecule has 1 atom stereocenters. The normalized spacial score (nSPS) is 20.9. The fourth-order valence-corrected chi connectivity index (χ4v) is 2.98. The first-order valence-corrected chi connectivity index (χ1v) is 7.12. The van der Waals surface area contributed by atoms with E-state index < -0.39 is 0 Å². The van der Waals surface area contributed by atoms with Crippen LogP contribution in [0.5, 0.6) is 0 Å². The van der Waals surface area contributed by atoms with Gasteiger partial charge in [-0.05, 0) is 14.0 Å². The number of rotatable bonds is 4. The number of hydrogen-bond acceptors (Lipinski definition) is 7. The number of hydrogen-bond donors (Lipinski definition) is 0. The zero-order chi connectivity index (χ0) is 13.0. The Balaban J connectivity index is 1.98. The molecule has 0 bridgehead atoms. The summed E-state index contributed by atoms with van der Waals surface area (Å²) in [6.07, 6.45) is 0.0460. The van der Waals surface area contributed by atoms with Gasteiger partial charge < -0.3 is 9.26 Å². The molecule has 2 heterocycles. The van der Waals surface area contributed by atoms with Crippen molar-refractivity contribution in [1.82, 2.24) is 15.0 Å². The van der Waals surface area contributed by atoms with E-state index in [1.165, 1.54) is 0 Å². The van der Waals surface area contributed by atoms with E-state index in [1.54, 1.807) is 6.92 Å². The van der Waals surface area contributed by atoms with Crippen LogP contribution < -0.4 is 0 Å². The fourth-order valence-electron chi connectivity index (χ4n) is 1.77. The molecule has 0 N–H and O–H groups in total. The highest BCUT2D eigenvalue weighted by molar-refractivity contribution is 7.99. The summed E-state index contributed by atoms with van der Waals surface area (Å²) in [6.45, 7) is 3.14. The lowest BCUT2D eigenvalue weighted by atomic mass is 10.3. The van der Waals surface area contributed by atoms with Crippen LogP contribution in [0.25, 0.3) is 0 Å². The van der Waals surface area contributed by atoms with Crippen molar-refractivity contribution in [3.05, 3.63) is 11.7 Å². The lowest BCUT2D eigenvalue weighted by molar-refractivity contribution is -0.142. The molecule has 1 unspecified atom stereocenters. The molecule has 6 nitrogen and oxygen atoms in total. The van der Waals surface area contributed by atoms with E-state index in [0.29, 0.717) is 18.3 Å². The first-order chi connectivity index (χ1) is 8.70. The van der Waals surface area contributed by atoms with Crippen molar-refractivity contribution in [2.45, 2.75) is 19.4 Å². The highest BCUT2D eigenvalue weighted by Gasteiger charge is 2.26. The van der Waals surface area contributed by atoms with Gasteiger partial charge >= 0.3 is 5.97 Å². The summed E-state index contributed by atoms with van der Waals surface area (Å²) in [6, 6.07) is 0.170. The molecular formula is C11H17N3O3S. The van der Waals surface area contributed by atoms with Gasteiger partial charge in [0.05, 0.1) is 12.6 Å². The average molecular weight is 271 g/mol. The smallest absolute Gasteiger partial charge is 0.315 e. The van der Waals surface area contributed by atoms with Crippen molar-refractivity contribution in [3.63, 3.8) is 0 Å². The fraction of sp³-hybridized carbons (Fsp3) is 0.727. The van der Waals surface area contributed by atoms with Crippen molar-refractivity contribution in [2.24, 2.45) is 0 Å². The van der Waals surface area contributed by atoms with E-state index in [0.717, 1.165) is 18.1 Å². The van der Waals surface area contributed by atoms with Gasteiger partial charge in [-0.15, -0.1) is 0 Å². The second-order valence-corrected chi connectivity index (χ2v) is 5.25. The van der Waals surface area contributed by atoms with Gasteiger partial charge in [-0.2, -0.15) is 16.7 Å². The average Bonchev–Trinajstić information content (AvgIpc) is 2.78. The van der Waals surface area contributed by atoms with E-state index in [1.807, 2.05) is 18.8 Å². The van der Waals surface area contributed by atoms with Gasteiger partial charge in [-0.1, -0.05) is 5.16 Å². The maximum absolute atomic E-state index is 11.3. The Morgan fingerprint density at radius 3 is 3.22 bits per heavy atom. The quantitative estimate of drug-likeness (QED) is 0.753. The third-order valence-electron chi connectivity index (χ3n) is 2.78. The predicted molar refractivity (Wildman–Crippen MR) is 67.3 cm³/mol. The molecule has 7 heteroatoms. The summed E-state index contributed by atoms with van der Waals surface area (Å²) in [5.41, 5.74) is 0. The molecule has 0 spiro atoms. The van der Waals surface area contributed by atoms with Crippen molar-refractivity contribution in [2.75, 3.05) is 31.7 Å². The van der Waals surface area contributed by atoms with Gasteiger partial charge in [0.2, 0.25) is 5.89 Å². The minimum absolute atomic E-state index is 0.0460. The molecule has 2 rings (SSSR count). The van der Waals surface area contributed by atoms with Gasteiger partial charge in [0.25, 0.3) is 0 Å². The molecule has 1 aromatic rings. The lowest BCUT2D eigenvalue weighted by Crippen LogP contribution is -2.33. The Morgan fingerprint density at radius 1 is 1.67 bits per heavy atom. The van der Waals surface area contributed by atoms with Crippen LogP contribution >= 0.6 is 11.8 Å². The molecule has 1 aliphatic rings. The molecule has 0 aliphatic carbocycles. The first-order valence-electron chi connectivity index (χ1n) is 5.96. The van der Waals surface area contributed by atoms with Crippen LogP contribution in [0.3, 0.4) is 0 Å². The Labute approximate surface area is 110 Å². The summed E-state index contributed by atoms with van der Waals surface area (Å²) < 4.78 is 9.93. The molecule has 1 fully saturated rings. The highest BCUT2D eigenvalue weighted by Crippen LogP contribution is 2.26. The topological polar surface area (TPSA) is 68.5 Å². The molecule has 1 aromatic heterocycles. The number of esters is 1. The summed E-state index contributed by atoms with van der Waals surface area (Å²) >= 11 is 1.88. The molecule has 1 aliphatic heterocycles. The zero-order valence-electron chi connectivity index (χ0n) is 10.6. The van der Waals surface area contributed by atoms with Crippen LogP contribution in [0.2, 0.25) is 0 Å². The van der Waals surface area contributed by atoms with Crippen LogP contribution in [0, 0.1) is 0 Å². The van der Waals surface area contributed by atoms with Gasteiger partial charge in [0.15, 0.2) is 5.82 Å². The molecule has 0 aromatic carbocycles. The molecule has 0 radical (unpaired) electrons. The number of ether oxygens (including phenoxy) is 1. The number of carbonyl (C=O) groups is 1. The van der Waals surface area contributed by atoms with Crippen LogP contribution in [-0.4, -0.2) is 52.7 Å². The van der Waals surface area contributed by atoms with E-state index in [9.17, 15) is 4.79 Å². The van der Waals surface area contributed by atoms with Crippen LogP contribution in [0.4, 0.5) is 0 Å². The van der Waals surface area contributed by atoms with E-state index >= 15 is 0 Å². The van der Waals surface area contributed by atoms with Crippen LogP contribution in [-0.2, 0) is 16.0 Å². The maximum atomic E-state index is 11.3. The highest BCUT2D eigenvalue weighted by atomic mass is 32.2.